The number of hydrogen-bond donors (Lipinski definition) is 3. The van der Waals surface area contributed by atoms with Gasteiger partial charge in [-0.3, -0.25) is 4.79 Å². The molecule has 3 N–H and O–H groups in total. The highest BCUT2D eigenvalue weighted by atomic mass is 127. The molecule has 7 heteroatoms. The standard InChI is InChI=1S/C23H32N4O2.HI/c1-3-24-23(27-18-22(28)26-17-20-11-6-4-7-12-20)25-15-10-16-29-19(2)21-13-8-5-9-14-21;/h4-9,11-14,19H,3,10,15-18H2,1-2H3,(H,26,28)(H2,24,25,27);1H. The van der Waals surface area contributed by atoms with Gasteiger partial charge in [-0.25, -0.2) is 4.99 Å². The fraction of sp³-hybridized carbons (Fsp3) is 0.391. The highest BCUT2D eigenvalue weighted by Crippen LogP contribution is 2.15. The van der Waals surface area contributed by atoms with Gasteiger partial charge in [0.1, 0.15) is 6.54 Å². The highest BCUT2D eigenvalue weighted by Gasteiger charge is 2.05. The average molecular weight is 524 g/mol. The van der Waals surface area contributed by atoms with E-state index < -0.39 is 0 Å². The zero-order valence-electron chi connectivity index (χ0n) is 17.8. The van der Waals surface area contributed by atoms with Crippen LogP contribution in [-0.4, -0.2) is 38.1 Å². The Morgan fingerprint density at radius 3 is 2.33 bits per heavy atom. The van der Waals surface area contributed by atoms with E-state index in [-0.39, 0.29) is 42.5 Å². The number of aliphatic imine (C=N–C) groups is 1. The van der Waals surface area contributed by atoms with Gasteiger partial charge in [-0.05, 0) is 31.4 Å². The Hall–Kier alpha value is -2.13. The third-order valence-electron chi connectivity index (χ3n) is 4.31. The first-order chi connectivity index (χ1) is 14.2. The summed E-state index contributed by atoms with van der Waals surface area (Å²) in [6.07, 6.45) is 0.924. The maximum Gasteiger partial charge on any atom is 0.242 e. The van der Waals surface area contributed by atoms with Crippen molar-refractivity contribution >= 4 is 35.8 Å². The van der Waals surface area contributed by atoms with Gasteiger partial charge in [-0.15, -0.1) is 24.0 Å². The third-order valence-corrected chi connectivity index (χ3v) is 4.31. The minimum absolute atomic E-state index is 0. The second-order valence-corrected chi connectivity index (χ2v) is 6.66. The van der Waals surface area contributed by atoms with Crippen molar-refractivity contribution in [1.82, 2.24) is 16.0 Å². The van der Waals surface area contributed by atoms with Crippen LogP contribution in [0.3, 0.4) is 0 Å². The fourth-order valence-electron chi connectivity index (χ4n) is 2.70. The minimum atomic E-state index is -0.105. The second-order valence-electron chi connectivity index (χ2n) is 6.66. The van der Waals surface area contributed by atoms with Crippen LogP contribution in [0.1, 0.15) is 37.5 Å². The summed E-state index contributed by atoms with van der Waals surface area (Å²) in [6.45, 7) is 6.76. The van der Waals surface area contributed by atoms with Crippen molar-refractivity contribution in [2.75, 3.05) is 26.2 Å². The summed E-state index contributed by atoms with van der Waals surface area (Å²) in [6, 6.07) is 20.0. The van der Waals surface area contributed by atoms with Gasteiger partial charge in [0, 0.05) is 26.2 Å². The van der Waals surface area contributed by atoms with Crippen LogP contribution in [0.25, 0.3) is 0 Å². The average Bonchev–Trinajstić information content (AvgIpc) is 2.77. The van der Waals surface area contributed by atoms with E-state index in [0.717, 1.165) is 25.1 Å². The number of guanidine groups is 1. The Kier molecular flexibility index (Phi) is 13.5. The van der Waals surface area contributed by atoms with E-state index in [1.807, 2.05) is 55.5 Å². The molecule has 0 spiro atoms. The molecule has 30 heavy (non-hydrogen) atoms. The molecule has 1 amide bonds. The van der Waals surface area contributed by atoms with Gasteiger partial charge in [-0.1, -0.05) is 60.7 Å². The molecule has 2 rings (SSSR count). The topological polar surface area (TPSA) is 74.8 Å². The van der Waals surface area contributed by atoms with Gasteiger partial charge >= 0.3 is 0 Å². The lowest BCUT2D eigenvalue weighted by molar-refractivity contribution is -0.119. The number of carbonyl (C=O) groups is 1. The molecule has 2 aromatic carbocycles. The molecule has 0 bridgehead atoms. The first kappa shape index (κ1) is 25.9. The van der Waals surface area contributed by atoms with Crippen molar-refractivity contribution in [3.8, 4) is 0 Å². The second kappa shape index (κ2) is 15.7. The van der Waals surface area contributed by atoms with Crippen molar-refractivity contribution in [3.63, 3.8) is 0 Å². The maximum atomic E-state index is 12.0. The van der Waals surface area contributed by atoms with E-state index in [1.165, 1.54) is 5.56 Å². The largest absolute Gasteiger partial charge is 0.374 e. The summed E-state index contributed by atoms with van der Waals surface area (Å²) >= 11 is 0. The van der Waals surface area contributed by atoms with Crippen LogP contribution in [0, 0.1) is 0 Å². The summed E-state index contributed by atoms with van der Waals surface area (Å²) in [7, 11) is 0. The van der Waals surface area contributed by atoms with Crippen molar-refractivity contribution < 1.29 is 9.53 Å². The Balaban J connectivity index is 0.00000450. The van der Waals surface area contributed by atoms with Crippen LogP contribution < -0.4 is 16.0 Å². The molecule has 0 radical (unpaired) electrons. The summed E-state index contributed by atoms with van der Waals surface area (Å²) in [5.41, 5.74) is 2.25. The molecular formula is C23H33IN4O2. The van der Waals surface area contributed by atoms with Crippen molar-refractivity contribution in [3.05, 3.63) is 71.8 Å². The number of nitrogens with zero attached hydrogens (tertiary/aromatic N) is 1. The van der Waals surface area contributed by atoms with E-state index >= 15 is 0 Å². The Morgan fingerprint density at radius 2 is 1.67 bits per heavy atom. The smallest absolute Gasteiger partial charge is 0.242 e. The maximum absolute atomic E-state index is 12.0. The summed E-state index contributed by atoms with van der Waals surface area (Å²) in [4.78, 5) is 16.4. The molecule has 0 aliphatic carbocycles. The predicted molar refractivity (Wildman–Crippen MR) is 133 cm³/mol. The molecule has 0 fully saturated rings. The van der Waals surface area contributed by atoms with Crippen molar-refractivity contribution in [2.24, 2.45) is 4.99 Å². The van der Waals surface area contributed by atoms with Crippen LogP contribution in [0.5, 0.6) is 0 Å². The van der Waals surface area contributed by atoms with E-state index in [0.29, 0.717) is 19.1 Å². The summed E-state index contributed by atoms with van der Waals surface area (Å²) in [5, 5.41) is 9.28. The number of ether oxygens (including phenoxy) is 1. The number of carbonyl (C=O) groups excluding carboxylic acids is 1. The molecule has 0 saturated heterocycles. The van der Waals surface area contributed by atoms with Gasteiger partial charge in [-0.2, -0.15) is 0 Å². The first-order valence-corrected chi connectivity index (χ1v) is 10.2. The van der Waals surface area contributed by atoms with E-state index in [1.54, 1.807) is 0 Å². The van der Waals surface area contributed by atoms with Crippen molar-refractivity contribution in [1.29, 1.82) is 0 Å². The number of rotatable bonds is 11. The monoisotopic (exact) mass is 524 g/mol. The molecule has 0 saturated carbocycles. The number of hydrogen-bond acceptors (Lipinski definition) is 3. The van der Waals surface area contributed by atoms with Gasteiger partial charge in [0.2, 0.25) is 5.91 Å². The lowest BCUT2D eigenvalue weighted by Crippen LogP contribution is -2.39. The van der Waals surface area contributed by atoms with Crippen LogP contribution in [0.15, 0.2) is 65.7 Å². The number of benzene rings is 2. The van der Waals surface area contributed by atoms with Crippen LogP contribution in [-0.2, 0) is 16.1 Å². The third kappa shape index (κ3) is 10.6. The molecule has 2 aromatic rings. The first-order valence-electron chi connectivity index (χ1n) is 10.2. The number of halogens is 1. The lowest BCUT2D eigenvalue weighted by Gasteiger charge is -2.14. The van der Waals surface area contributed by atoms with Crippen LogP contribution in [0.4, 0.5) is 0 Å². The molecule has 0 aliphatic rings. The SMILES string of the molecule is CCNC(=NCC(=O)NCc1ccccc1)NCCCOC(C)c1ccccc1.I. The number of amides is 1. The molecule has 1 unspecified atom stereocenters. The Labute approximate surface area is 196 Å². The zero-order valence-corrected chi connectivity index (χ0v) is 20.1. The summed E-state index contributed by atoms with van der Waals surface area (Å²) in [5.74, 6) is 0.532. The molecule has 0 aromatic heterocycles. The van der Waals surface area contributed by atoms with Crippen LogP contribution >= 0.6 is 24.0 Å². The van der Waals surface area contributed by atoms with Gasteiger partial charge in [0.05, 0.1) is 6.10 Å². The van der Waals surface area contributed by atoms with Gasteiger partial charge < -0.3 is 20.7 Å². The predicted octanol–water partition coefficient (Wildman–Crippen LogP) is 3.64. The van der Waals surface area contributed by atoms with Crippen molar-refractivity contribution in [2.45, 2.75) is 32.9 Å². The molecule has 1 atom stereocenters. The van der Waals surface area contributed by atoms with Gasteiger partial charge in [0.25, 0.3) is 0 Å². The van der Waals surface area contributed by atoms with E-state index in [2.05, 4.69) is 40.0 Å². The molecule has 0 aliphatic heterocycles. The lowest BCUT2D eigenvalue weighted by atomic mass is 10.1. The molecular weight excluding hydrogens is 491 g/mol. The molecule has 164 valence electrons. The van der Waals surface area contributed by atoms with E-state index in [9.17, 15) is 4.79 Å². The van der Waals surface area contributed by atoms with Gasteiger partial charge in [0.15, 0.2) is 5.96 Å². The molecule has 6 nitrogen and oxygen atoms in total. The molecule has 0 heterocycles. The van der Waals surface area contributed by atoms with E-state index in [4.69, 9.17) is 4.74 Å². The Morgan fingerprint density at radius 1 is 1.00 bits per heavy atom. The zero-order chi connectivity index (χ0) is 20.7. The summed E-state index contributed by atoms with van der Waals surface area (Å²) < 4.78 is 5.88. The minimum Gasteiger partial charge on any atom is -0.374 e. The van der Waals surface area contributed by atoms with Crippen LogP contribution in [0.2, 0.25) is 0 Å². The fourth-order valence-corrected chi connectivity index (χ4v) is 2.70. The number of nitrogens with one attached hydrogen (secondary N) is 3. The Bertz CT molecular complexity index is 741. The normalized spacial score (nSPS) is 11.9. The highest BCUT2D eigenvalue weighted by molar-refractivity contribution is 14.0. The quantitative estimate of drug-likeness (QED) is 0.182.